The molecule has 2 heterocycles. The molecule has 2 aliphatic rings. The zero-order valence-corrected chi connectivity index (χ0v) is 18.4. The van der Waals surface area contributed by atoms with Crippen LogP contribution in [0.1, 0.15) is 34.7 Å². The number of aromatic hydroxyl groups is 2. The number of nitrogens with zero attached hydrogens (tertiary/aromatic N) is 1. The van der Waals surface area contributed by atoms with E-state index in [4.69, 9.17) is 19.7 Å². The third kappa shape index (κ3) is 5.38. The highest BCUT2D eigenvalue weighted by molar-refractivity contribution is 5.81. The van der Waals surface area contributed by atoms with Crippen LogP contribution in [0.5, 0.6) is 23.0 Å². The Balaban J connectivity index is 0.000000292. The molecular formula is C24H27NO8. The molecule has 1 atom stereocenters. The van der Waals surface area contributed by atoms with Crippen LogP contribution in [0.4, 0.5) is 0 Å². The fraction of sp³-hybridized carbons (Fsp3) is 0.333. The smallest absolute Gasteiger partial charge is 0.327 e. The van der Waals surface area contributed by atoms with Gasteiger partial charge in [-0.25, -0.2) is 4.79 Å². The fourth-order valence-electron chi connectivity index (χ4n) is 4.22. The Morgan fingerprint density at radius 1 is 1.09 bits per heavy atom. The van der Waals surface area contributed by atoms with Gasteiger partial charge in [-0.05, 0) is 47.7 Å². The van der Waals surface area contributed by atoms with E-state index in [2.05, 4.69) is 4.90 Å². The highest BCUT2D eigenvalue weighted by Gasteiger charge is 2.34. The van der Waals surface area contributed by atoms with Gasteiger partial charge < -0.3 is 29.9 Å². The van der Waals surface area contributed by atoms with Crippen molar-refractivity contribution in [3.8, 4) is 23.0 Å². The first kappa shape index (κ1) is 23.9. The molecule has 4 rings (SSSR count). The fourth-order valence-corrected chi connectivity index (χ4v) is 4.22. The molecule has 0 saturated carbocycles. The maximum atomic E-state index is 10.4. The monoisotopic (exact) mass is 457 g/mol. The Hall–Kier alpha value is -3.72. The lowest BCUT2D eigenvalue weighted by molar-refractivity contribution is -0.136. The summed E-state index contributed by atoms with van der Waals surface area (Å²) in [5.74, 6) is -0.685. The van der Waals surface area contributed by atoms with Crippen molar-refractivity contribution in [3.63, 3.8) is 0 Å². The van der Waals surface area contributed by atoms with Crippen LogP contribution < -0.4 is 9.47 Å². The van der Waals surface area contributed by atoms with Gasteiger partial charge in [0.1, 0.15) is 0 Å². The van der Waals surface area contributed by atoms with E-state index in [1.165, 1.54) is 5.56 Å². The van der Waals surface area contributed by atoms with Crippen molar-refractivity contribution in [2.75, 3.05) is 20.8 Å². The van der Waals surface area contributed by atoms with Gasteiger partial charge in [-0.2, -0.15) is 0 Å². The molecule has 9 nitrogen and oxygen atoms in total. The Labute approximate surface area is 191 Å². The zero-order chi connectivity index (χ0) is 24.1. The number of hydrogen-bond donors (Lipinski definition) is 4. The van der Waals surface area contributed by atoms with Crippen LogP contribution in [-0.2, 0) is 29.0 Å². The highest BCUT2D eigenvalue weighted by atomic mass is 16.5. The molecule has 2 aliphatic heterocycles. The second-order valence-electron chi connectivity index (χ2n) is 7.76. The summed E-state index contributed by atoms with van der Waals surface area (Å²) in [6.07, 6.45) is 3.35. The van der Waals surface area contributed by atoms with Gasteiger partial charge in [-0.3, -0.25) is 9.69 Å². The summed E-state index contributed by atoms with van der Waals surface area (Å²) in [6.45, 7) is 1.61. The van der Waals surface area contributed by atoms with E-state index in [9.17, 15) is 19.8 Å². The molecule has 4 N–H and O–H groups in total. The summed E-state index contributed by atoms with van der Waals surface area (Å²) in [4.78, 5) is 21.8. The minimum atomic E-state index is -1.13. The summed E-state index contributed by atoms with van der Waals surface area (Å²) < 4.78 is 10.5. The van der Waals surface area contributed by atoms with Crippen LogP contribution in [0, 0.1) is 0 Å². The molecule has 2 aromatic rings. The minimum Gasteiger partial charge on any atom is -0.504 e. The number of phenols is 2. The van der Waals surface area contributed by atoms with Gasteiger partial charge in [-0.15, -0.1) is 0 Å². The van der Waals surface area contributed by atoms with Crippen LogP contribution in [0.25, 0.3) is 0 Å². The van der Waals surface area contributed by atoms with Crippen LogP contribution in [0.15, 0.2) is 36.4 Å². The molecule has 0 bridgehead atoms. The number of carboxylic acid groups (broad SMARTS) is 2. The first-order chi connectivity index (χ1) is 15.7. The van der Waals surface area contributed by atoms with Crippen molar-refractivity contribution in [3.05, 3.63) is 58.7 Å². The molecule has 0 aliphatic carbocycles. The third-order valence-corrected chi connectivity index (χ3v) is 5.80. The Bertz CT molecular complexity index is 1080. The van der Waals surface area contributed by atoms with Gasteiger partial charge in [0.15, 0.2) is 23.0 Å². The number of hydrogen-bond acceptors (Lipinski definition) is 7. The van der Waals surface area contributed by atoms with Crippen molar-refractivity contribution >= 4 is 11.9 Å². The lowest BCUT2D eigenvalue weighted by Gasteiger charge is -2.41. The molecule has 0 amide bonds. The molecule has 9 heteroatoms. The van der Waals surface area contributed by atoms with Crippen molar-refractivity contribution in [2.24, 2.45) is 0 Å². The summed E-state index contributed by atoms with van der Waals surface area (Å²) in [6, 6.07) is 7.84. The largest absolute Gasteiger partial charge is 0.504 e. The highest BCUT2D eigenvalue weighted by Crippen LogP contribution is 2.45. The van der Waals surface area contributed by atoms with Crippen LogP contribution in [0.2, 0.25) is 0 Å². The van der Waals surface area contributed by atoms with E-state index < -0.39 is 11.9 Å². The molecular weight excluding hydrogens is 430 g/mol. The number of carbonyl (C=O) groups is 2. The predicted molar refractivity (Wildman–Crippen MR) is 119 cm³/mol. The number of phenolic OH excluding ortho intramolecular Hbond substituents is 2. The molecule has 0 fully saturated rings. The molecule has 0 saturated heterocycles. The summed E-state index contributed by atoms with van der Waals surface area (Å²) in [5.41, 5.74) is 4.47. The SMILES string of the molecule is COc1cc2c(cc1O)C1Cc3ccc(OC)c(O)c3CN1CC2.O=C(O)/C=C/CC(=O)O. The first-order valence-electron chi connectivity index (χ1n) is 10.4. The van der Waals surface area contributed by atoms with Gasteiger partial charge in [0.05, 0.1) is 20.6 Å². The van der Waals surface area contributed by atoms with E-state index in [0.29, 0.717) is 18.0 Å². The molecule has 1 unspecified atom stereocenters. The number of benzene rings is 2. The number of carboxylic acids is 2. The van der Waals surface area contributed by atoms with Crippen molar-refractivity contribution < 1.29 is 39.5 Å². The summed E-state index contributed by atoms with van der Waals surface area (Å²) >= 11 is 0. The van der Waals surface area contributed by atoms with Crippen molar-refractivity contribution in [1.29, 1.82) is 0 Å². The maximum Gasteiger partial charge on any atom is 0.327 e. The van der Waals surface area contributed by atoms with Gasteiger partial charge in [0.2, 0.25) is 0 Å². The predicted octanol–water partition coefficient (Wildman–Crippen LogP) is 2.87. The molecule has 0 radical (unpaired) electrons. The van der Waals surface area contributed by atoms with Crippen LogP contribution in [-0.4, -0.2) is 58.0 Å². The maximum absolute atomic E-state index is 10.4. The molecule has 2 aromatic carbocycles. The Morgan fingerprint density at radius 2 is 1.82 bits per heavy atom. The van der Waals surface area contributed by atoms with Gasteiger partial charge >= 0.3 is 11.9 Å². The lowest BCUT2D eigenvalue weighted by atomic mass is 9.83. The number of fused-ring (bicyclic) bond motifs is 4. The second kappa shape index (κ2) is 10.3. The molecule has 33 heavy (non-hydrogen) atoms. The van der Waals surface area contributed by atoms with Gasteiger partial charge in [-0.1, -0.05) is 12.1 Å². The number of rotatable bonds is 5. The van der Waals surface area contributed by atoms with E-state index >= 15 is 0 Å². The Morgan fingerprint density at radius 3 is 2.45 bits per heavy atom. The van der Waals surface area contributed by atoms with Gasteiger partial charge in [0.25, 0.3) is 0 Å². The third-order valence-electron chi connectivity index (χ3n) is 5.80. The average Bonchev–Trinajstić information content (AvgIpc) is 2.78. The summed E-state index contributed by atoms with van der Waals surface area (Å²) in [5, 5.41) is 36.5. The van der Waals surface area contributed by atoms with E-state index in [0.717, 1.165) is 48.2 Å². The van der Waals surface area contributed by atoms with E-state index in [-0.39, 0.29) is 24.0 Å². The zero-order valence-electron chi connectivity index (χ0n) is 18.4. The second-order valence-corrected chi connectivity index (χ2v) is 7.76. The minimum absolute atomic E-state index is 0.182. The van der Waals surface area contributed by atoms with Crippen molar-refractivity contribution in [1.82, 2.24) is 4.90 Å². The summed E-state index contributed by atoms with van der Waals surface area (Å²) in [7, 11) is 3.14. The molecule has 0 aromatic heterocycles. The lowest BCUT2D eigenvalue weighted by Crippen LogP contribution is -2.39. The first-order valence-corrected chi connectivity index (χ1v) is 10.4. The standard InChI is InChI=1S/C19H21NO4.C5H6O4/c1-23-17-4-3-11-7-15-13-9-16(21)18(24-2)8-12(13)5-6-20(15)10-14(11)19(17)22;6-4(7)2-1-3-5(8)9/h3-4,8-9,15,21-22H,5-7,10H2,1-2H3;1-2H,3H2,(H,6,7)(H,8,9)/b;2-1+. The Kier molecular flexibility index (Phi) is 7.44. The van der Waals surface area contributed by atoms with Crippen molar-refractivity contribution in [2.45, 2.75) is 31.8 Å². The normalized spacial score (nSPS) is 16.6. The van der Waals surface area contributed by atoms with E-state index in [1.807, 2.05) is 24.3 Å². The number of methoxy groups -OCH3 is 2. The van der Waals surface area contributed by atoms with E-state index in [1.54, 1.807) is 14.2 Å². The van der Waals surface area contributed by atoms with Gasteiger partial charge in [0, 0.05) is 30.8 Å². The number of aliphatic carboxylic acids is 2. The van der Waals surface area contributed by atoms with Crippen LogP contribution >= 0.6 is 0 Å². The number of ether oxygens (including phenoxy) is 2. The topological polar surface area (TPSA) is 137 Å². The van der Waals surface area contributed by atoms with Crippen LogP contribution in [0.3, 0.4) is 0 Å². The molecule has 176 valence electrons. The quantitative estimate of drug-likeness (QED) is 0.500. The average molecular weight is 457 g/mol. The molecule has 0 spiro atoms.